The van der Waals surface area contributed by atoms with Gasteiger partial charge in [0.25, 0.3) is 0 Å². The van der Waals surface area contributed by atoms with Crippen LogP contribution in [0.4, 0.5) is 0 Å². The number of benzene rings is 1. The van der Waals surface area contributed by atoms with Crippen LogP contribution >= 0.6 is 0 Å². The molecule has 2 fully saturated rings. The van der Waals surface area contributed by atoms with Crippen molar-refractivity contribution in [1.29, 1.82) is 5.26 Å². The molecule has 230 valence electrons. The third kappa shape index (κ3) is 12.4. The third-order valence-electron chi connectivity index (χ3n) is 9.86. The number of carbonyl (C=O) groups excluding carboxylic acids is 1. The summed E-state index contributed by atoms with van der Waals surface area (Å²) in [7, 11) is 0. The van der Waals surface area contributed by atoms with Crippen molar-refractivity contribution in [2.45, 2.75) is 161 Å². The summed E-state index contributed by atoms with van der Waals surface area (Å²) in [6.07, 6.45) is 28.4. The minimum Gasteiger partial charge on any atom is -0.492 e. The molecule has 0 heterocycles. The maximum absolute atomic E-state index is 12.9. The molecule has 4 nitrogen and oxygen atoms in total. The van der Waals surface area contributed by atoms with E-state index in [0.717, 1.165) is 43.4 Å². The van der Waals surface area contributed by atoms with Gasteiger partial charge in [0.1, 0.15) is 17.9 Å². The van der Waals surface area contributed by atoms with Crippen LogP contribution in [-0.2, 0) is 4.74 Å². The molecular formula is C37H59NO3. The summed E-state index contributed by atoms with van der Waals surface area (Å²) in [6, 6.07) is 7.35. The third-order valence-corrected chi connectivity index (χ3v) is 9.86. The summed E-state index contributed by atoms with van der Waals surface area (Å²) in [5.41, 5.74) is 0.869. The monoisotopic (exact) mass is 565 g/mol. The Kier molecular flexibility index (Phi) is 16.3. The van der Waals surface area contributed by atoms with Crippen molar-refractivity contribution in [3.8, 4) is 11.8 Å². The first-order chi connectivity index (χ1) is 20.1. The first kappa shape index (κ1) is 33.5. The summed E-state index contributed by atoms with van der Waals surface area (Å²) in [5.74, 6) is 2.90. The molecule has 0 saturated heterocycles. The van der Waals surface area contributed by atoms with Gasteiger partial charge in [-0.3, -0.25) is 0 Å². The number of esters is 1. The summed E-state index contributed by atoms with van der Waals surface area (Å²) >= 11 is 0. The van der Waals surface area contributed by atoms with Gasteiger partial charge < -0.3 is 9.47 Å². The fourth-order valence-electron chi connectivity index (χ4n) is 7.17. The standard InChI is InChI=1S/C37H59NO3/c1-3-5-7-9-11-13-15-27-40-36-26-23-33(28-34(36)29-38)37(39)41-35-24-21-32(22-25-35)31-19-17-30(18-20-31)16-14-12-10-8-6-4-2/h23,26,28,30-32,35H,3-22,24-25,27H2,1-2H3. The number of unbranched alkanes of at least 4 members (excludes halogenated alkanes) is 11. The highest BCUT2D eigenvalue weighted by molar-refractivity contribution is 5.90. The number of hydrogen-bond acceptors (Lipinski definition) is 4. The van der Waals surface area contributed by atoms with Gasteiger partial charge in [-0.05, 0) is 80.9 Å². The minimum atomic E-state index is -0.307. The van der Waals surface area contributed by atoms with Crippen LogP contribution in [0.15, 0.2) is 18.2 Å². The maximum atomic E-state index is 12.9. The van der Waals surface area contributed by atoms with E-state index < -0.39 is 0 Å². The predicted molar refractivity (Wildman–Crippen MR) is 169 cm³/mol. The average Bonchev–Trinajstić information content (AvgIpc) is 3.01. The Morgan fingerprint density at radius 2 is 1.32 bits per heavy atom. The van der Waals surface area contributed by atoms with Gasteiger partial charge in [-0.15, -0.1) is 0 Å². The summed E-state index contributed by atoms with van der Waals surface area (Å²) < 4.78 is 11.8. The van der Waals surface area contributed by atoms with Gasteiger partial charge in [-0.2, -0.15) is 5.26 Å². The largest absolute Gasteiger partial charge is 0.492 e. The molecule has 4 heteroatoms. The molecule has 0 amide bonds. The van der Waals surface area contributed by atoms with Crippen molar-refractivity contribution in [2.24, 2.45) is 17.8 Å². The quantitative estimate of drug-likeness (QED) is 0.124. The van der Waals surface area contributed by atoms with E-state index in [-0.39, 0.29) is 12.1 Å². The lowest BCUT2D eigenvalue weighted by molar-refractivity contribution is 0.0109. The number of nitrogens with zero attached hydrogens (tertiary/aromatic N) is 1. The van der Waals surface area contributed by atoms with Crippen LogP contribution < -0.4 is 4.74 Å². The molecule has 2 saturated carbocycles. The smallest absolute Gasteiger partial charge is 0.338 e. The Balaban J connectivity index is 1.31. The van der Waals surface area contributed by atoms with Gasteiger partial charge in [-0.1, -0.05) is 110 Å². The van der Waals surface area contributed by atoms with Crippen LogP contribution in [-0.4, -0.2) is 18.7 Å². The second-order valence-electron chi connectivity index (χ2n) is 13.1. The van der Waals surface area contributed by atoms with Gasteiger partial charge in [0.2, 0.25) is 0 Å². The number of carbonyl (C=O) groups is 1. The van der Waals surface area contributed by atoms with E-state index in [1.807, 2.05) is 0 Å². The maximum Gasteiger partial charge on any atom is 0.338 e. The Bertz CT molecular complexity index is 890. The molecule has 0 aliphatic heterocycles. The molecule has 0 bridgehead atoms. The fourth-order valence-corrected chi connectivity index (χ4v) is 7.17. The summed E-state index contributed by atoms with van der Waals surface area (Å²) in [4.78, 5) is 12.9. The Morgan fingerprint density at radius 1 is 0.756 bits per heavy atom. The number of nitriles is 1. The lowest BCUT2D eigenvalue weighted by Crippen LogP contribution is -2.29. The Hall–Kier alpha value is -2.02. The van der Waals surface area contributed by atoms with Gasteiger partial charge in [0, 0.05) is 0 Å². The second kappa shape index (κ2) is 20.0. The Labute approximate surface area is 252 Å². The van der Waals surface area contributed by atoms with E-state index in [1.165, 1.54) is 116 Å². The molecule has 41 heavy (non-hydrogen) atoms. The van der Waals surface area contributed by atoms with E-state index in [9.17, 15) is 10.1 Å². The Morgan fingerprint density at radius 3 is 1.93 bits per heavy atom. The second-order valence-corrected chi connectivity index (χ2v) is 13.1. The number of hydrogen-bond donors (Lipinski definition) is 0. The lowest BCUT2D eigenvalue weighted by Gasteiger charge is -2.37. The molecule has 0 radical (unpaired) electrons. The van der Waals surface area contributed by atoms with Gasteiger partial charge in [0.15, 0.2) is 0 Å². The van der Waals surface area contributed by atoms with E-state index in [0.29, 0.717) is 23.5 Å². The molecule has 3 rings (SSSR count). The van der Waals surface area contributed by atoms with Crippen LogP contribution in [0.5, 0.6) is 5.75 Å². The molecule has 2 aliphatic carbocycles. The zero-order valence-electron chi connectivity index (χ0n) is 26.5. The van der Waals surface area contributed by atoms with Crippen LogP contribution in [0.1, 0.15) is 171 Å². The van der Waals surface area contributed by atoms with Crippen LogP contribution in [0.2, 0.25) is 0 Å². The van der Waals surface area contributed by atoms with Gasteiger partial charge in [-0.25, -0.2) is 4.79 Å². The molecule has 1 aromatic rings. The molecule has 1 aromatic carbocycles. The molecule has 0 spiro atoms. The van der Waals surface area contributed by atoms with Crippen molar-refractivity contribution in [3.63, 3.8) is 0 Å². The number of rotatable bonds is 19. The summed E-state index contributed by atoms with van der Waals surface area (Å²) in [5, 5.41) is 9.64. The van der Waals surface area contributed by atoms with Crippen molar-refractivity contribution in [2.75, 3.05) is 6.61 Å². The van der Waals surface area contributed by atoms with Crippen molar-refractivity contribution in [3.05, 3.63) is 29.3 Å². The van der Waals surface area contributed by atoms with Crippen molar-refractivity contribution in [1.82, 2.24) is 0 Å². The average molecular weight is 566 g/mol. The zero-order chi connectivity index (χ0) is 29.1. The SMILES string of the molecule is CCCCCCCCCOc1ccc(C(=O)OC2CCC(C3CCC(CCCCCCCC)CC3)CC2)cc1C#N. The molecule has 0 aromatic heterocycles. The van der Waals surface area contributed by atoms with Crippen LogP contribution in [0.3, 0.4) is 0 Å². The molecule has 2 aliphatic rings. The van der Waals surface area contributed by atoms with E-state index >= 15 is 0 Å². The molecular weight excluding hydrogens is 506 g/mol. The molecule has 0 N–H and O–H groups in total. The van der Waals surface area contributed by atoms with E-state index in [2.05, 4.69) is 19.9 Å². The highest BCUT2D eigenvalue weighted by Crippen LogP contribution is 2.41. The first-order valence-corrected chi connectivity index (χ1v) is 17.5. The lowest BCUT2D eigenvalue weighted by atomic mass is 9.70. The number of ether oxygens (including phenoxy) is 2. The van der Waals surface area contributed by atoms with Gasteiger partial charge >= 0.3 is 5.97 Å². The molecule has 0 atom stereocenters. The first-order valence-electron chi connectivity index (χ1n) is 17.5. The van der Waals surface area contributed by atoms with E-state index in [1.54, 1.807) is 18.2 Å². The highest BCUT2D eigenvalue weighted by atomic mass is 16.5. The normalized spacial score (nSPS) is 22.7. The summed E-state index contributed by atoms with van der Waals surface area (Å²) in [6.45, 7) is 5.13. The minimum absolute atomic E-state index is 0.00147. The topological polar surface area (TPSA) is 59.3 Å². The van der Waals surface area contributed by atoms with Crippen LogP contribution in [0.25, 0.3) is 0 Å². The zero-order valence-corrected chi connectivity index (χ0v) is 26.5. The highest BCUT2D eigenvalue weighted by Gasteiger charge is 2.32. The predicted octanol–water partition coefficient (Wildman–Crippen LogP) is 11.0. The van der Waals surface area contributed by atoms with Crippen molar-refractivity contribution >= 4 is 5.97 Å². The molecule has 0 unspecified atom stereocenters. The van der Waals surface area contributed by atoms with Crippen molar-refractivity contribution < 1.29 is 14.3 Å². The fraction of sp³-hybridized carbons (Fsp3) is 0.784. The van der Waals surface area contributed by atoms with Crippen LogP contribution in [0, 0.1) is 29.1 Å². The van der Waals surface area contributed by atoms with Gasteiger partial charge in [0.05, 0.1) is 17.7 Å². The van der Waals surface area contributed by atoms with E-state index in [4.69, 9.17) is 9.47 Å².